The number of hydrogen-bond acceptors (Lipinski definition) is 4. The summed E-state index contributed by atoms with van der Waals surface area (Å²) in [5, 5.41) is 9.09. The number of hydrogen-bond donors (Lipinski definition) is 1. The number of aromatic carboxylic acids is 1. The Hall–Kier alpha value is -1.44. The lowest BCUT2D eigenvalue weighted by Gasteiger charge is -2.21. The second-order valence-corrected chi connectivity index (χ2v) is 5.90. The van der Waals surface area contributed by atoms with Crippen LogP contribution in [0.15, 0.2) is 29.2 Å². The molecule has 0 bridgehead atoms. The van der Waals surface area contributed by atoms with Crippen LogP contribution in [0.3, 0.4) is 0 Å². The molecule has 1 N–H and O–H groups in total. The summed E-state index contributed by atoms with van der Waals surface area (Å²) in [5.41, 5.74) is -0.220. The molecule has 0 fully saturated rings. The van der Waals surface area contributed by atoms with Gasteiger partial charge in [0, 0.05) is 19.7 Å². The third-order valence-electron chi connectivity index (χ3n) is 2.78. The van der Waals surface area contributed by atoms with Crippen molar-refractivity contribution in [2.24, 2.45) is 0 Å². The predicted molar refractivity (Wildman–Crippen MR) is 74.3 cm³/mol. The Morgan fingerprint density at radius 3 is 2.50 bits per heavy atom. The summed E-state index contributed by atoms with van der Waals surface area (Å²) in [6.45, 7) is 4.75. The van der Waals surface area contributed by atoms with Gasteiger partial charge in [-0.3, -0.25) is 0 Å². The van der Waals surface area contributed by atoms with Crippen LogP contribution in [0.1, 0.15) is 24.2 Å². The van der Waals surface area contributed by atoms with Crippen LogP contribution in [0.5, 0.6) is 0 Å². The van der Waals surface area contributed by atoms with E-state index in [-0.39, 0.29) is 30.2 Å². The minimum atomic E-state index is -3.83. The lowest BCUT2D eigenvalue weighted by atomic mass is 10.2. The minimum Gasteiger partial charge on any atom is -0.478 e. The van der Waals surface area contributed by atoms with E-state index in [1.165, 1.54) is 28.6 Å². The monoisotopic (exact) mass is 301 g/mol. The Morgan fingerprint density at radius 1 is 1.30 bits per heavy atom. The molecule has 1 aromatic rings. The summed E-state index contributed by atoms with van der Waals surface area (Å²) in [4.78, 5) is 10.9. The first-order valence-corrected chi connectivity index (χ1v) is 7.79. The SMILES string of the molecule is CCOCCN(CC)S(=O)(=O)c1ccccc1C(=O)O. The van der Waals surface area contributed by atoms with Crippen LogP contribution in [-0.2, 0) is 14.8 Å². The molecule has 0 heterocycles. The number of carbonyl (C=O) groups is 1. The van der Waals surface area contributed by atoms with Gasteiger partial charge in [-0.15, -0.1) is 0 Å². The maximum atomic E-state index is 12.5. The summed E-state index contributed by atoms with van der Waals surface area (Å²) in [6, 6.07) is 5.60. The third kappa shape index (κ3) is 3.78. The van der Waals surface area contributed by atoms with Gasteiger partial charge in [0.15, 0.2) is 0 Å². The van der Waals surface area contributed by atoms with Crippen molar-refractivity contribution in [3.05, 3.63) is 29.8 Å². The summed E-state index contributed by atoms with van der Waals surface area (Å²) in [6.07, 6.45) is 0. The average molecular weight is 301 g/mol. The zero-order valence-corrected chi connectivity index (χ0v) is 12.4. The van der Waals surface area contributed by atoms with Gasteiger partial charge in [-0.1, -0.05) is 19.1 Å². The summed E-state index contributed by atoms with van der Waals surface area (Å²) < 4.78 is 31.3. The van der Waals surface area contributed by atoms with Gasteiger partial charge in [0.25, 0.3) is 0 Å². The van der Waals surface area contributed by atoms with Crippen molar-refractivity contribution in [1.82, 2.24) is 4.31 Å². The number of sulfonamides is 1. The van der Waals surface area contributed by atoms with Crippen LogP contribution in [0.2, 0.25) is 0 Å². The minimum absolute atomic E-state index is 0.189. The first-order chi connectivity index (χ1) is 9.45. The van der Waals surface area contributed by atoms with Gasteiger partial charge in [0.05, 0.1) is 17.1 Å². The Balaban J connectivity index is 3.11. The highest BCUT2D eigenvalue weighted by Gasteiger charge is 2.27. The molecule has 0 aliphatic heterocycles. The maximum absolute atomic E-state index is 12.5. The Morgan fingerprint density at radius 2 is 1.95 bits per heavy atom. The molecule has 1 rings (SSSR count). The van der Waals surface area contributed by atoms with Crippen LogP contribution < -0.4 is 0 Å². The van der Waals surface area contributed by atoms with E-state index in [4.69, 9.17) is 9.84 Å². The smallest absolute Gasteiger partial charge is 0.337 e. The first kappa shape index (κ1) is 16.6. The molecule has 7 heteroatoms. The normalized spacial score (nSPS) is 11.8. The number of carboxylic acid groups (broad SMARTS) is 1. The van der Waals surface area contributed by atoms with Crippen molar-refractivity contribution >= 4 is 16.0 Å². The van der Waals surface area contributed by atoms with E-state index in [2.05, 4.69) is 0 Å². The Kier molecular flexibility index (Phi) is 6.12. The molecule has 6 nitrogen and oxygen atoms in total. The molecular weight excluding hydrogens is 282 g/mol. The number of carboxylic acids is 1. The molecule has 1 aromatic carbocycles. The van der Waals surface area contributed by atoms with Crippen molar-refractivity contribution in [3.8, 4) is 0 Å². The Labute approximate surface area is 119 Å². The van der Waals surface area contributed by atoms with E-state index in [0.717, 1.165) is 0 Å². The van der Waals surface area contributed by atoms with E-state index in [9.17, 15) is 13.2 Å². The van der Waals surface area contributed by atoms with E-state index in [1.807, 2.05) is 6.92 Å². The standard InChI is InChI=1S/C13H19NO5S/c1-3-14(9-10-19-4-2)20(17,18)12-8-6-5-7-11(12)13(15)16/h5-8H,3-4,9-10H2,1-2H3,(H,15,16). The molecule has 0 aromatic heterocycles. The molecule has 0 aliphatic carbocycles. The fourth-order valence-corrected chi connectivity index (χ4v) is 3.38. The zero-order valence-electron chi connectivity index (χ0n) is 11.6. The Bertz CT molecular complexity index is 556. The van der Waals surface area contributed by atoms with Crippen LogP contribution in [0.4, 0.5) is 0 Å². The summed E-state index contributed by atoms with van der Waals surface area (Å²) in [5.74, 6) is -1.26. The molecule has 0 aliphatic rings. The van der Waals surface area contributed by atoms with Crippen molar-refractivity contribution in [1.29, 1.82) is 0 Å². The van der Waals surface area contributed by atoms with Crippen LogP contribution in [-0.4, -0.2) is 50.1 Å². The number of ether oxygens (including phenoxy) is 1. The molecule has 20 heavy (non-hydrogen) atoms. The van der Waals surface area contributed by atoms with Gasteiger partial charge < -0.3 is 9.84 Å². The van der Waals surface area contributed by atoms with E-state index < -0.39 is 16.0 Å². The molecule has 0 saturated heterocycles. The number of likely N-dealkylation sites (N-methyl/N-ethyl adjacent to an activating group) is 1. The highest BCUT2D eigenvalue weighted by molar-refractivity contribution is 7.89. The fourth-order valence-electron chi connectivity index (χ4n) is 1.77. The summed E-state index contributed by atoms with van der Waals surface area (Å²) in [7, 11) is -3.83. The maximum Gasteiger partial charge on any atom is 0.337 e. The van der Waals surface area contributed by atoms with Crippen LogP contribution in [0, 0.1) is 0 Å². The lowest BCUT2D eigenvalue weighted by molar-refractivity contribution is 0.0692. The lowest BCUT2D eigenvalue weighted by Crippen LogP contribution is -2.34. The highest BCUT2D eigenvalue weighted by atomic mass is 32.2. The third-order valence-corrected chi connectivity index (χ3v) is 4.81. The molecule has 112 valence electrons. The predicted octanol–water partition coefficient (Wildman–Crippen LogP) is 1.43. The van der Waals surface area contributed by atoms with E-state index in [1.54, 1.807) is 6.92 Å². The molecule has 0 spiro atoms. The molecular formula is C13H19NO5S. The first-order valence-electron chi connectivity index (χ1n) is 6.35. The molecule has 0 amide bonds. The van der Waals surface area contributed by atoms with Gasteiger partial charge in [0.2, 0.25) is 10.0 Å². The zero-order chi connectivity index (χ0) is 15.2. The summed E-state index contributed by atoms with van der Waals surface area (Å²) >= 11 is 0. The number of benzene rings is 1. The second-order valence-electron chi connectivity index (χ2n) is 3.99. The van der Waals surface area contributed by atoms with Crippen LogP contribution in [0.25, 0.3) is 0 Å². The molecule has 0 atom stereocenters. The van der Waals surface area contributed by atoms with E-state index >= 15 is 0 Å². The topological polar surface area (TPSA) is 83.9 Å². The quantitative estimate of drug-likeness (QED) is 0.734. The van der Waals surface area contributed by atoms with Crippen LogP contribution >= 0.6 is 0 Å². The van der Waals surface area contributed by atoms with Gasteiger partial charge in [-0.2, -0.15) is 4.31 Å². The van der Waals surface area contributed by atoms with Crippen molar-refractivity contribution in [3.63, 3.8) is 0 Å². The average Bonchev–Trinajstić information content (AvgIpc) is 2.43. The molecule has 0 unspecified atom stereocenters. The number of nitrogens with zero attached hydrogens (tertiary/aromatic N) is 1. The van der Waals surface area contributed by atoms with Crippen molar-refractivity contribution in [2.75, 3.05) is 26.3 Å². The van der Waals surface area contributed by atoms with E-state index in [0.29, 0.717) is 6.61 Å². The van der Waals surface area contributed by atoms with Gasteiger partial charge in [-0.05, 0) is 19.1 Å². The van der Waals surface area contributed by atoms with Gasteiger partial charge in [-0.25, -0.2) is 13.2 Å². The number of rotatable bonds is 8. The van der Waals surface area contributed by atoms with Gasteiger partial charge >= 0.3 is 5.97 Å². The van der Waals surface area contributed by atoms with Crippen molar-refractivity contribution < 1.29 is 23.1 Å². The largest absolute Gasteiger partial charge is 0.478 e. The molecule has 0 saturated carbocycles. The van der Waals surface area contributed by atoms with Gasteiger partial charge in [0.1, 0.15) is 0 Å². The molecule has 0 radical (unpaired) electrons. The van der Waals surface area contributed by atoms with Crippen molar-refractivity contribution in [2.45, 2.75) is 18.7 Å². The second kappa shape index (κ2) is 7.37. The highest BCUT2D eigenvalue weighted by Crippen LogP contribution is 2.20. The fraction of sp³-hybridized carbons (Fsp3) is 0.462.